The third-order valence-corrected chi connectivity index (χ3v) is 4.75. The molecule has 1 aliphatic rings. The summed E-state index contributed by atoms with van der Waals surface area (Å²) in [6, 6.07) is 20.5. The van der Waals surface area contributed by atoms with E-state index in [9.17, 15) is 0 Å². The molecular weight excluding hydrogens is 449 g/mol. The Morgan fingerprint density at radius 2 is 1.06 bits per heavy atom. The predicted molar refractivity (Wildman–Crippen MR) is 130 cm³/mol. The quantitative estimate of drug-likeness (QED) is 0.214. The van der Waals surface area contributed by atoms with Gasteiger partial charge >= 0.3 is 16.8 Å². The van der Waals surface area contributed by atoms with Crippen LogP contribution in [0.3, 0.4) is 0 Å². The summed E-state index contributed by atoms with van der Waals surface area (Å²) < 4.78 is 0. The number of fused-ring (bicyclic) bond motifs is 2. The van der Waals surface area contributed by atoms with E-state index < -0.39 is 0 Å². The molecule has 2 aromatic carbocycles. The molecule has 0 aromatic heterocycles. The minimum atomic E-state index is 0. The molecule has 0 N–H and O–H groups in total. The molecule has 0 saturated carbocycles. The summed E-state index contributed by atoms with van der Waals surface area (Å²) in [6.07, 6.45) is 6.56. The normalized spacial score (nSPS) is 14.6. The Morgan fingerprint density at radius 1 is 0.656 bits per heavy atom. The monoisotopic (exact) mass is 479 g/mol. The molecule has 0 amide bonds. The Morgan fingerprint density at radius 3 is 1.50 bits per heavy atom. The number of hydrogen-bond acceptors (Lipinski definition) is 3. The Bertz CT molecular complexity index is 674. The van der Waals surface area contributed by atoms with Gasteiger partial charge in [0.05, 0.1) is 0 Å². The van der Waals surface area contributed by atoms with Crippen LogP contribution in [0.2, 0.25) is 0 Å². The van der Waals surface area contributed by atoms with Crippen LogP contribution >= 0.6 is 0 Å². The van der Waals surface area contributed by atoms with E-state index in [1.807, 2.05) is 36.4 Å². The van der Waals surface area contributed by atoms with Crippen molar-refractivity contribution in [1.29, 1.82) is 0 Å². The van der Waals surface area contributed by atoms with Crippen molar-refractivity contribution in [3.8, 4) is 0 Å². The molecule has 0 bridgehead atoms. The molecule has 8 heteroatoms. The van der Waals surface area contributed by atoms with E-state index in [-0.39, 0.29) is 16.8 Å². The van der Waals surface area contributed by atoms with Crippen LogP contribution in [-0.2, 0) is 16.8 Å². The molecule has 1 heterocycles. The van der Waals surface area contributed by atoms with Gasteiger partial charge in [-0.25, -0.2) is 0 Å². The average Bonchev–Trinajstić information content (AvgIpc) is 3.13. The summed E-state index contributed by atoms with van der Waals surface area (Å²) in [5.74, 6) is 0. The first kappa shape index (κ1) is 27.3. The fourth-order valence-corrected chi connectivity index (χ4v) is 3.19. The first-order valence-corrected chi connectivity index (χ1v) is 10.8. The minimum absolute atomic E-state index is 0. The van der Waals surface area contributed by atoms with Gasteiger partial charge in [-0.15, -0.1) is 31.5 Å². The van der Waals surface area contributed by atoms with Crippen LogP contribution in [0.5, 0.6) is 0 Å². The number of hydrogen-bond donors (Lipinski definition) is 0. The second kappa shape index (κ2) is 17.9. The molecule has 2 aromatic rings. The van der Waals surface area contributed by atoms with Crippen LogP contribution in [-0.4, -0.2) is 26.2 Å². The maximum atomic E-state index is 8.00. The van der Waals surface area contributed by atoms with Gasteiger partial charge < -0.3 is 31.4 Å². The zero-order valence-corrected chi connectivity index (χ0v) is 19.3. The predicted octanol–water partition coefficient (Wildman–Crippen LogP) is 8.57. The summed E-state index contributed by atoms with van der Waals surface area (Å²) >= 11 is 0. The molecule has 0 unspecified atom stereocenters. The van der Waals surface area contributed by atoms with Crippen molar-refractivity contribution < 1.29 is 16.8 Å². The van der Waals surface area contributed by atoms with Crippen LogP contribution in [0.15, 0.2) is 66.0 Å². The third-order valence-electron chi connectivity index (χ3n) is 4.75. The van der Waals surface area contributed by atoms with Gasteiger partial charge in [-0.1, -0.05) is 38.5 Å². The van der Waals surface area contributed by atoms with Crippen molar-refractivity contribution in [2.45, 2.75) is 38.5 Å². The second-order valence-electron chi connectivity index (χ2n) is 7.09. The van der Waals surface area contributed by atoms with Crippen LogP contribution in [0.4, 0.5) is 22.7 Å². The molecule has 0 atom stereocenters. The largest absolute Gasteiger partial charge is 3.00 e. The van der Waals surface area contributed by atoms with E-state index >= 15 is 0 Å². The molecule has 172 valence electrons. The Hall–Kier alpha value is -2.71. The van der Waals surface area contributed by atoms with Gasteiger partial charge in [0.2, 0.25) is 0 Å². The first-order valence-electron chi connectivity index (χ1n) is 10.8. The average molecular weight is 479 g/mol. The standard InChI is InChI=1S/C24H30N4.Co.HNO2/c1-5-13-21-22(14-6-1)26-18-10-4-12-20-28-24-16-8-2-7-15-23(24)27-19-11-3-9-17-25-21;;2-1-3/h1-2,5-8,13-16H,3-4,9-12,17-20H2;;(H,2,3)/q-2;+3;/p-1. The number of rotatable bonds is 0. The van der Waals surface area contributed by atoms with E-state index in [0.717, 1.165) is 92.8 Å². The summed E-state index contributed by atoms with van der Waals surface area (Å²) in [4.78, 5) is 8.00. The van der Waals surface area contributed by atoms with Crippen molar-refractivity contribution in [3.63, 3.8) is 0 Å². The van der Waals surface area contributed by atoms with Crippen LogP contribution in [0, 0.1) is 10.1 Å². The smallest absolute Gasteiger partial charge is 0.662 e. The van der Waals surface area contributed by atoms with E-state index in [2.05, 4.69) is 24.3 Å². The Kier molecular flexibility index (Phi) is 15.3. The maximum absolute atomic E-state index is 8.00. The van der Waals surface area contributed by atoms with E-state index in [4.69, 9.17) is 31.4 Å². The van der Waals surface area contributed by atoms with Gasteiger partial charge in [0.15, 0.2) is 0 Å². The summed E-state index contributed by atoms with van der Waals surface area (Å²) in [7, 11) is 0. The summed E-state index contributed by atoms with van der Waals surface area (Å²) in [5, 5.41) is 28.2. The molecule has 3 rings (SSSR count). The topological polar surface area (TPSA) is 109 Å². The molecule has 7 nitrogen and oxygen atoms in total. The molecular formula is C24H30CoN5O2. The Balaban J connectivity index is 0.00000121. The Labute approximate surface area is 201 Å². The van der Waals surface area contributed by atoms with Gasteiger partial charge in [0.25, 0.3) is 0 Å². The van der Waals surface area contributed by atoms with Gasteiger partial charge in [0, 0.05) is 60.7 Å². The fraction of sp³-hybridized carbons (Fsp3) is 0.417. The zero-order valence-electron chi connectivity index (χ0n) is 18.2. The molecule has 0 fully saturated rings. The van der Waals surface area contributed by atoms with E-state index in [1.54, 1.807) is 0 Å². The fourth-order valence-electron chi connectivity index (χ4n) is 3.19. The first-order chi connectivity index (χ1) is 15.3. The van der Waals surface area contributed by atoms with Crippen molar-refractivity contribution in [1.82, 2.24) is 0 Å². The minimum Gasteiger partial charge on any atom is -0.662 e. The molecule has 0 saturated heterocycles. The van der Waals surface area contributed by atoms with Gasteiger partial charge in [-0.3, -0.25) is 0 Å². The third kappa shape index (κ3) is 11.1. The molecule has 32 heavy (non-hydrogen) atoms. The van der Waals surface area contributed by atoms with Crippen molar-refractivity contribution in [2.75, 3.05) is 26.2 Å². The van der Waals surface area contributed by atoms with Gasteiger partial charge in [-0.2, -0.15) is 0 Å². The molecule has 0 aliphatic carbocycles. The van der Waals surface area contributed by atoms with E-state index in [1.165, 1.54) is 0 Å². The van der Waals surface area contributed by atoms with Crippen LogP contribution < -0.4 is 0 Å². The van der Waals surface area contributed by atoms with Crippen molar-refractivity contribution >= 4 is 22.7 Å². The van der Waals surface area contributed by atoms with E-state index in [0.29, 0.717) is 0 Å². The van der Waals surface area contributed by atoms with Gasteiger partial charge in [-0.05, 0) is 22.7 Å². The van der Waals surface area contributed by atoms with Crippen molar-refractivity contribution in [3.05, 3.63) is 92.0 Å². The SMILES string of the molecule is O=N[O-].[Co+3].c1ccc2[c+](cc1)[N-]CCCCC[N-][c+]1cccccc1[N-]CCCCC[N-]2. The molecule has 0 radical (unpaired) electrons. The van der Waals surface area contributed by atoms with Crippen LogP contribution in [0.1, 0.15) is 38.5 Å². The van der Waals surface area contributed by atoms with Gasteiger partial charge in [0.1, 0.15) is 0 Å². The second-order valence-corrected chi connectivity index (χ2v) is 7.09. The summed E-state index contributed by atoms with van der Waals surface area (Å²) in [6.45, 7) is 3.36. The zero-order chi connectivity index (χ0) is 22.0. The molecule has 0 spiro atoms. The van der Waals surface area contributed by atoms with Crippen molar-refractivity contribution in [2.24, 2.45) is 5.34 Å². The number of nitrogens with zero attached hydrogens (tertiary/aromatic N) is 5. The summed E-state index contributed by atoms with van der Waals surface area (Å²) in [5.41, 5.74) is 4.03. The maximum Gasteiger partial charge on any atom is 3.00 e. The van der Waals surface area contributed by atoms with Crippen LogP contribution in [0.25, 0.3) is 21.3 Å². The molecule has 1 aliphatic heterocycles.